The van der Waals surface area contributed by atoms with E-state index in [1.54, 1.807) is 18.0 Å². The number of ether oxygens (including phenoxy) is 1. The van der Waals surface area contributed by atoms with E-state index in [9.17, 15) is 0 Å². The molecular weight excluding hydrogens is 262 g/mol. The average Bonchev–Trinajstić information content (AvgIpc) is 2.88. The number of nitrogens with two attached hydrogens (primary N) is 1. The number of hydrogen-bond acceptors (Lipinski definition) is 6. The molecular formula is C12H11N5OS. The molecule has 96 valence electrons. The summed E-state index contributed by atoms with van der Waals surface area (Å²) in [4.78, 5) is 9.29. The summed E-state index contributed by atoms with van der Waals surface area (Å²) < 4.78 is 5.73. The van der Waals surface area contributed by atoms with Gasteiger partial charge >= 0.3 is 0 Å². The number of fused-ring (bicyclic) bond motifs is 1. The Morgan fingerprint density at radius 3 is 2.74 bits per heavy atom. The third kappa shape index (κ3) is 2.32. The van der Waals surface area contributed by atoms with Crippen molar-refractivity contribution in [2.75, 3.05) is 12.0 Å². The maximum absolute atomic E-state index is 5.73. The number of nitrogen functional groups attached to an aromatic ring is 1. The summed E-state index contributed by atoms with van der Waals surface area (Å²) in [5.41, 5.74) is 6.19. The lowest BCUT2D eigenvalue weighted by Crippen LogP contribution is -1.97. The van der Waals surface area contributed by atoms with E-state index in [2.05, 4.69) is 20.2 Å². The van der Waals surface area contributed by atoms with Crippen LogP contribution in [0.2, 0.25) is 0 Å². The van der Waals surface area contributed by atoms with Crippen molar-refractivity contribution in [1.29, 1.82) is 0 Å². The molecule has 0 unspecified atom stereocenters. The SMILES string of the molecule is CSc1ccc(Oc2nc(N)nc3[nH]ncc23)cc1. The predicted molar refractivity (Wildman–Crippen MR) is 74.4 cm³/mol. The van der Waals surface area contributed by atoms with Gasteiger partial charge in [-0.25, -0.2) is 0 Å². The summed E-state index contributed by atoms with van der Waals surface area (Å²) in [5.74, 6) is 1.24. The highest BCUT2D eigenvalue weighted by molar-refractivity contribution is 7.98. The fourth-order valence-electron chi connectivity index (χ4n) is 1.66. The van der Waals surface area contributed by atoms with Crippen LogP contribution in [0.5, 0.6) is 11.6 Å². The highest BCUT2D eigenvalue weighted by Crippen LogP contribution is 2.28. The van der Waals surface area contributed by atoms with E-state index in [0.29, 0.717) is 22.7 Å². The molecule has 2 aromatic heterocycles. The van der Waals surface area contributed by atoms with E-state index in [0.717, 1.165) is 0 Å². The van der Waals surface area contributed by atoms with Crippen molar-refractivity contribution in [3.05, 3.63) is 30.5 Å². The number of hydrogen-bond donors (Lipinski definition) is 2. The first-order valence-electron chi connectivity index (χ1n) is 5.55. The van der Waals surface area contributed by atoms with Gasteiger partial charge in [0.2, 0.25) is 11.8 Å². The molecule has 2 heterocycles. The Morgan fingerprint density at radius 1 is 1.21 bits per heavy atom. The second-order valence-corrected chi connectivity index (χ2v) is 4.68. The summed E-state index contributed by atoms with van der Waals surface area (Å²) >= 11 is 1.67. The molecule has 6 nitrogen and oxygen atoms in total. The molecule has 0 fully saturated rings. The first-order valence-corrected chi connectivity index (χ1v) is 6.77. The Bertz CT molecular complexity index is 710. The number of aromatic nitrogens is 4. The summed E-state index contributed by atoms with van der Waals surface area (Å²) in [7, 11) is 0. The maximum Gasteiger partial charge on any atom is 0.235 e. The molecule has 0 amide bonds. The van der Waals surface area contributed by atoms with E-state index in [-0.39, 0.29) is 5.95 Å². The Kier molecular flexibility index (Phi) is 2.96. The summed E-state index contributed by atoms with van der Waals surface area (Å²) in [6.07, 6.45) is 3.64. The number of benzene rings is 1. The molecule has 3 aromatic rings. The van der Waals surface area contributed by atoms with Gasteiger partial charge in [0.1, 0.15) is 11.1 Å². The number of rotatable bonds is 3. The number of nitrogens with one attached hydrogen (secondary N) is 1. The standard InChI is InChI=1S/C12H11N5OS/c1-19-8-4-2-7(3-5-8)18-11-9-6-14-17-10(9)15-12(13)16-11/h2-6H,1H3,(H3,13,14,15,16,17). The van der Waals surface area contributed by atoms with Crippen LogP contribution in [0.15, 0.2) is 35.4 Å². The Morgan fingerprint density at radius 2 is 2.00 bits per heavy atom. The van der Waals surface area contributed by atoms with Crippen molar-refractivity contribution in [2.45, 2.75) is 4.90 Å². The first-order chi connectivity index (χ1) is 9.26. The molecule has 0 radical (unpaired) electrons. The van der Waals surface area contributed by atoms with Crippen molar-refractivity contribution in [2.24, 2.45) is 0 Å². The van der Waals surface area contributed by atoms with E-state index in [1.165, 1.54) is 4.90 Å². The minimum Gasteiger partial charge on any atom is -0.438 e. The number of nitrogens with zero attached hydrogens (tertiary/aromatic N) is 3. The van der Waals surface area contributed by atoms with Crippen LogP contribution in [0.4, 0.5) is 5.95 Å². The summed E-state index contributed by atoms with van der Waals surface area (Å²) in [6.45, 7) is 0. The maximum atomic E-state index is 5.73. The Hall–Kier alpha value is -2.28. The van der Waals surface area contributed by atoms with Gasteiger partial charge in [-0.2, -0.15) is 15.1 Å². The zero-order chi connectivity index (χ0) is 13.2. The van der Waals surface area contributed by atoms with Crippen LogP contribution >= 0.6 is 11.8 Å². The second-order valence-electron chi connectivity index (χ2n) is 3.80. The van der Waals surface area contributed by atoms with Crippen LogP contribution in [-0.2, 0) is 0 Å². The first kappa shape index (κ1) is 11.8. The lowest BCUT2D eigenvalue weighted by molar-refractivity contribution is 0.469. The monoisotopic (exact) mass is 273 g/mol. The molecule has 0 saturated heterocycles. The third-order valence-electron chi connectivity index (χ3n) is 2.57. The quantitative estimate of drug-likeness (QED) is 0.712. The van der Waals surface area contributed by atoms with Crippen molar-refractivity contribution >= 4 is 28.7 Å². The molecule has 0 atom stereocenters. The number of anilines is 1. The molecule has 0 aliphatic carbocycles. The molecule has 0 aliphatic heterocycles. The van der Waals surface area contributed by atoms with Crippen molar-refractivity contribution in [1.82, 2.24) is 20.2 Å². The van der Waals surface area contributed by atoms with Crippen molar-refractivity contribution in [3.63, 3.8) is 0 Å². The molecule has 7 heteroatoms. The highest BCUT2D eigenvalue weighted by atomic mass is 32.2. The molecule has 3 N–H and O–H groups in total. The van der Waals surface area contributed by atoms with Crippen LogP contribution in [0, 0.1) is 0 Å². The van der Waals surface area contributed by atoms with Crippen molar-refractivity contribution in [3.8, 4) is 11.6 Å². The molecule has 19 heavy (non-hydrogen) atoms. The van der Waals surface area contributed by atoms with Gasteiger partial charge in [0, 0.05) is 4.90 Å². The van der Waals surface area contributed by atoms with Crippen molar-refractivity contribution < 1.29 is 4.74 Å². The van der Waals surface area contributed by atoms with Crippen LogP contribution in [0.3, 0.4) is 0 Å². The number of aromatic amines is 1. The highest BCUT2D eigenvalue weighted by Gasteiger charge is 2.10. The third-order valence-corrected chi connectivity index (χ3v) is 3.31. The van der Waals surface area contributed by atoms with Crippen LogP contribution < -0.4 is 10.5 Å². The average molecular weight is 273 g/mol. The van der Waals surface area contributed by atoms with Gasteiger partial charge in [-0.3, -0.25) is 5.10 Å². The van der Waals surface area contributed by atoms with Crippen LogP contribution in [0.25, 0.3) is 11.0 Å². The van der Waals surface area contributed by atoms with Crippen LogP contribution in [0.1, 0.15) is 0 Å². The number of H-pyrrole nitrogens is 1. The predicted octanol–water partition coefficient (Wildman–Crippen LogP) is 2.45. The fourth-order valence-corrected chi connectivity index (χ4v) is 2.07. The van der Waals surface area contributed by atoms with Gasteiger partial charge in [0.15, 0.2) is 5.65 Å². The van der Waals surface area contributed by atoms with Gasteiger partial charge in [-0.05, 0) is 30.5 Å². The van der Waals surface area contributed by atoms with Gasteiger partial charge in [-0.15, -0.1) is 11.8 Å². The Balaban J connectivity index is 1.97. The lowest BCUT2D eigenvalue weighted by Gasteiger charge is -2.06. The number of thioether (sulfide) groups is 1. The molecule has 1 aromatic carbocycles. The lowest BCUT2D eigenvalue weighted by atomic mass is 10.3. The topological polar surface area (TPSA) is 89.7 Å². The smallest absolute Gasteiger partial charge is 0.235 e. The molecule has 0 bridgehead atoms. The molecule has 0 aliphatic rings. The van der Waals surface area contributed by atoms with E-state index in [4.69, 9.17) is 10.5 Å². The summed E-state index contributed by atoms with van der Waals surface area (Å²) in [6, 6.07) is 7.74. The molecule has 0 saturated carbocycles. The largest absolute Gasteiger partial charge is 0.438 e. The summed E-state index contributed by atoms with van der Waals surface area (Å²) in [5, 5.41) is 7.34. The zero-order valence-electron chi connectivity index (χ0n) is 10.1. The Labute approximate surface area is 113 Å². The van der Waals surface area contributed by atoms with E-state index >= 15 is 0 Å². The van der Waals surface area contributed by atoms with E-state index < -0.39 is 0 Å². The van der Waals surface area contributed by atoms with Gasteiger partial charge in [0.25, 0.3) is 0 Å². The van der Waals surface area contributed by atoms with Gasteiger partial charge < -0.3 is 10.5 Å². The van der Waals surface area contributed by atoms with Gasteiger partial charge in [-0.1, -0.05) is 0 Å². The normalized spacial score (nSPS) is 10.8. The molecule has 0 spiro atoms. The van der Waals surface area contributed by atoms with Crippen LogP contribution in [-0.4, -0.2) is 26.4 Å². The second kappa shape index (κ2) is 4.77. The molecule has 3 rings (SSSR count). The zero-order valence-corrected chi connectivity index (χ0v) is 10.9. The van der Waals surface area contributed by atoms with E-state index in [1.807, 2.05) is 30.5 Å². The minimum absolute atomic E-state index is 0.146. The fraction of sp³-hybridized carbons (Fsp3) is 0.0833. The van der Waals surface area contributed by atoms with Gasteiger partial charge in [0.05, 0.1) is 6.20 Å². The minimum atomic E-state index is 0.146.